The van der Waals surface area contributed by atoms with Crippen LogP contribution in [0.25, 0.3) is 0 Å². The fourth-order valence-corrected chi connectivity index (χ4v) is 4.29. The van der Waals surface area contributed by atoms with Crippen LogP contribution in [0.5, 0.6) is 0 Å². The molecule has 1 aromatic carbocycles. The molecule has 1 aromatic rings. The van der Waals surface area contributed by atoms with Crippen molar-refractivity contribution in [2.75, 3.05) is 11.5 Å². The lowest BCUT2D eigenvalue weighted by Gasteiger charge is -2.47. The van der Waals surface area contributed by atoms with Crippen molar-refractivity contribution < 1.29 is 19.4 Å². The highest BCUT2D eigenvalue weighted by Crippen LogP contribution is 2.54. The molecule has 5 heteroatoms. The Bertz CT molecular complexity index is 739. The SMILES string of the molecule is C=CCOC(=O)[C@@]1(CC=C)c2ccccc2N2C(=O)CC[C@](C)(O)[C@H]21. The van der Waals surface area contributed by atoms with Gasteiger partial charge in [0.2, 0.25) is 5.91 Å². The fraction of sp³-hybridized carbons (Fsp3) is 0.400. The maximum absolute atomic E-state index is 13.2. The first kappa shape index (κ1) is 17.4. The lowest BCUT2D eigenvalue weighted by atomic mass is 9.66. The lowest BCUT2D eigenvalue weighted by molar-refractivity contribution is -0.154. The maximum Gasteiger partial charge on any atom is 0.319 e. The maximum atomic E-state index is 13.2. The number of hydrogen-bond acceptors (Lipinski definition) is 4. The molecule has 0 unspecified atom stereocenters. The van der Waals surface area contributed by atoms with E-state index in [0.29, 0.717) is 17.7 Å². The summed E-state index contributed by atoms with van der Waals surface area (Å²) < 4.78 is 5.41. The Kier molecular flexibility index (Phi) is 4.29. The average molecular weight is 341 g/mol. The fourth-order valence-electron chi connectivity index (χ4n) is 4.29. The summed E-state index contributed by atoms with van der Waals surface area (Å²) in [7, 11) is 0. The summed E-state index contributed by atoms with van der Waals surface area (Å²) in [6.45, 7) is 9.13. The van der Waals surface area contributed by atoms with Crippen molar-refractivity contribution in [2.24, 2.45) is 0 Å². The molecule has 1 N–H and O–H groups in total. The summed E-state index contributed by atoms with van der Waals surface area (Å²) >= 11 is 0. The summed E-state index contributed by atoms with van der Waals surface area (Å²) in [6, 6.07) is 6.57. The number of allylic oxidation sites excluding steroid dienone is 1. The molecule has 0 bridgehead atoms. The van der Waals surface area contributed by atoms with Gasteiger partial charge in [-0.1, -0.05) is 36.9 Å². The van der Waals surface area contributed by atoms with Gasteiger partial charge in [0.25, 0.3) is 0 Å². The molecule has 1 fully saturated rings. The highest BCUT2D eigenvalue weighted by Gasteiger charge is 2.64. The molecule has 1 saturated heterocycles. The van der Waals surface area contributed by atoms with Gasteiger partial charge in [-0.25, -0.2) is 0 Å². The Morgan fingerprint density at radius 3 is 2.80 bits per heavy atom. The van der Waals surface area contributed by atoms with Gasteiger partial charge in [-0.15, -0.1) is 6.58 Å². The number of carbonyl (C=O) groups is 2. The van der Waals surface area contributed by atoms with Crippen LogP contribution in [0.15, 0.2) is 49.6 Å². The van der Waals surface area contributed by atoms with Crippen LogP contribution in [0.1, 0.15) is 31.7 Å². The summed E-state index contributed by atoms with van der Waals surface area (Å²) in [5.74, 6) is -0.561. The van der Waals surface area contributed by atoms with Gasteiger partial charge in [0.05, 0.1) is 11.6 Å². The third-order valence-corrected chi connectivity index (χ3v) is 5.23. The molecule has 0 aromatic heterocycles. The second-order valence-corrected chi connectivity index (χ2v) is 6.89. The van der Waals surface area contributed by atoms with Crippen LogP contribution in [0, 0.1) is 0 Å². The minimum atomic E-state index is -1.22. The standard InChI is InChI=1S/C20H23NO4/c1-4-11-20(18(23)25-13-5-2)14-8-6-7-9-15(14)21-16(22)10-12-19(3,24)17(20)21/h4-9,17,24H,1-2,10-13H2,3H3/t17-,19-,20-/m0/s1. The molecule has 1 amide bonds. The monoisotopic (exact) mass is 341 g/mol. The van der Waals surface area contributed by atoms with Crippen LogP contribution in [-0.4, -0.2) is 35.2 Å². The molecule has 132 valence electrons. The van der Waals surface area contributed by atoms with E-state index < -0.39 is 23.0 Å². The number of carbonyl (C=O) groups excluding carboxylic acids is 2. The molecule has 2 aliphatic rings. The minimum absolute atomic E-state index is 0.0721. The number of amides is 1. The number of nitrogens with zero attached hydrogens (tertiary/aromatic N) is 1. The quantitative estimate of drug-likeness (QED) is 0.660. The molecule has 5 nitrogen and oxygen atoms in total. The van der Waals surface area contributed by atoms with E-state index in [1.807, 2.05) is 24.3 Å². The van der Waals surface area contributed by atoms with E-state index >= 15 is 0 Å². The van der Waals surface area contributed by atoms with Crippen molar-refractivity contribution in [1.29, 1.82) is 0 Å². The van der Waals surface area contributed by atoms with Crippen molar-refractivity contribution >= 4 is 17.6 Å². The van der Waals surface area contributed by atoms with E-state index in [9.17, 15) is 14.7 Å². The largest absolute Gasteiger partial charge is 0.461 e. The van der Waals surface area contributed by atoms with Gasteiger partial charge in [0.1, 0.15) is 12.0 Å². The first-order chi connectivity index (χ1) is 11.9. The van der Waals surface area contributed by atoms with Crippen LogP contribution in [0.4, 0.5) is 5.69 Å². The van der Waals surface area contributed by atoms with Crippen LogP contribution >= 0.6 is 0 Å². The van der Waals surface area contributed by atoms with Gasteiger partial charge < -0.3 is 14.7 Å². The minimum Gasteiger partial charge on any atom is -0.461 e. The molecule has 0 saturated carbocycles. The lowest BCUT2D eigenvalue weighted by Crippen LogP contribution is -2.65. The summed E-state index contributed by atoms with van der Waals surface area (Å²) in [4.78, 5) is 27.4. The first-order valence-electron chi connectivity index (χ1n) is 8.43. The van der Waals surface area contributed by atoms with E-state index in [0.717, 1.165) is 0 Å². The van der Waals surface area contributed by atoms with E-state index in [1.165, 1.54) is 6.08 Å². The number of anilines is 1. The zero-order chi connectivity index (χ0) is 18.2. The summed E-state index contributed by atoms with van der Waals surface area (Å²) in [5.41, 5.74) is -1.04. The van der Waals surface area contributed by atoms with Gasteiger partial charge in [-0.3, -0.25) is 9.59 Å². The van der Waals surface area contributed by atoms with Crippen LogP contribution in [-0.2, 0) is 19.7 Å². The van der Waals surface area contributed by atoms with Crippen molar-refractivity contribution in [3.8, 4) is 0 Å². The summed E-state index contributed by atoms with van der Waals surface area (Å²) in [5, 5.41) is 11.1. The van der Waals surface area contributed by atoms with Gasteiger partial charge in [0, 0.05) is 12.1 Å². The zero-order valence-corrected chi connectivity index (χ0v) is 14.4. The van der Waals surface area contributed by atoms with E-state index in [4.69, 9.17) is 4.74 Å². The molecule has 2 heterocycles. The number of fused-ring (bicyclic) bond motifs is 3. The van der Waals surface area contributed by atoms with Gasteiger partial charge >= 0.3 is 5.97 Å². The number of aliphatic hydroxyl groups is 1. The molecule has 3 atom stereocenters. The van der Waals surface area contributed by atoms with Gasteiger partial charge in [-0.2, -0.15) is 0 Å². The Hall–Kier alpha value is -2.40. The van der Waals surface area contributed by atoms with E-state index in [1.54, 1.807) is 17.9 Å². The number of benzene rings is 1. The normalized spacial score (nSPS) is 30.4. The molecular formula is C20H23NO4. The van der Waals surface area contributed by atoms with Crippen molar-refractivity contribution in [3.05, 3.63) is 55.1 Å². The molecule has 0 aliphatic carbocycles. The molecule has 25 heavy (non-hydrogen) atoms. The predicted molar refractivity (Wildman–Crippen MR) is 95.2 cm³/mol. The Labute approximate surface area is 147 Å². The molecule has 0 radical (unpaired) electrons. The first-order valence-corrected chi connectivity index (χ1v) is 8.43. The number of hydrogen-bond donors (Lipinski definition) is 1. The third-order valence-electron chi connectivity index (χ3n) is 5.23. The highest BCUT2D eigenvalue weighted by atomic mass is 16.5. The summed E-state index contributed by atoms with van der Waals surface area (Å²) in [6.07, 6.45) is 3.95. The molecular weight excluding hydrogens is 318 g/mol. The van der Waals surface area contributed by atoms with Crippen molar-refractivity contribution in [3.63, 3.8) is 0 Å². The third kappa shape index (κ3) is 2.42. The smallest absolute Gasteiger partial charge is 0.319 e. The van der Waals surface area contributed by atoms with E-state index in [-0.39, 0.29) is 25.4 Å². The average Bonchev–Trinajstić information content (AvgIpc) is 2.90. The zero-order valence-electron chi connectivity index (χ0n) is 14.4. The second kappa shape index (κ2) is 6.15. The van der Waals surface area contributed by atoms with Gasteiger partial charge in [-0.05, 0) is 31.4 Å². The van der Waals surface area contributed by atoms with Crippen molar-refractivity contribution in [1.82, 2.24) is 0 Å². The predicted octanol–water partition coefficient (Wildman–Crippen LogP) is 2.49. The highest BCUT2D eigenvalue weighted by molar-refractivity contribution is 6.03. The number of para-hydroxylation sites is 1. The topological polar surface area (TPSA) is 66.8 Å². The number of ether oxygens (including phenoxy) is 1. The number of piperidine rings is 1. The van der Waals surface area contributed by atoms with Crippen LogP contribution < -0.4 is 4.90 Å². The Morgan fingerprint density at radius 1 is 1.40 bits per heavy atom. The van der Waals surface area contributed by atoms with Gasteiger partial charge in [0.15, 0.2) is 0 Å². The number of esters is 1. The van der Waals surface area contributed by atoms with E-state index in [2.05, 4.69) is 13.2 Å². The number of rotatable bonds is 5. The Balaban J connectivity index is 2.26. The Morgan fingerprint density at radius 2 is 2.12 bits per heavy atom. The molecule has 0 spiro atoms. The van der Waals surface area contributed by atoms with Crippen LogP contribution in [0.3, 0.4) is 0 Å². The van der Waals surface area contributed by atoms with Crippen LogP contribution in [0.2, 0.25) is 0 Å². The second-order valence-electron chi connectivity index (χ2n) is 6.89. The van der Waals surface area contributed by atoms with Crippen molar-refractivity contribution in [2.45, 2.75) is 43.2 Å². The molecule has 3 rings (SSSR count). The molecule has 2 aliphatic heterocycles.